The maximum atomic E-state index is 12.4. The number of rotatable bonds is 5. The number of benzene rings is 1. The molecule has 0 aliphatic carbocycles. The van der Waals surface area contributed by atoms with Crippen molar-refractivity contribution >= 4 is 23.2 Å². The first-order valence-corrected chi connectivity index (χ1v) is 10.0. The van der Waals surface area contributed by atoms with Crippen molar-refractivity contribution in [3.8, 4) is 5.75 Å². The second-order valence-corrected chi connectivity index (χ2v) is 9.21. The normalized spacial score (nSPS) is 18.7. The van der Waals surface area contributed by atoms with Crippen LogP contribution in [0.25, 0.3) is 0 Å². The highest BCUT2D eigenvalue weighted by atomic mass is 32.2. The third kappa shape index (κ3) is 3.70. The van der Waals surface area contributed by atoms with Crippen LogP contribution >= 0.6 is 7.92 Å². The van der Waals surface area contributed by atoms with Gasteiger partial charge in [-0.2, -0.15) is 4.31 Å². The molecule has 1 aromatic carbocycles. The van der Waals surface area contributed by atoms with Gasteiger partial charge in [-0.25, -0.2) is 8.42 Å². The fourth-order valence-corrected chi connectivity index (χ4v) is 6.92. The maximum absolute atomic E-state index is 12.4. The summed E-state index contributed by atoms with van der Waals surface area (Å²) in [6.07, 6.45) is 0. The van der Waals surface area contributed by atoms with E-state index < -0.39 is 17.9 Å². The second-order valence-electron chi connectivity index (χ2n) is 4.62. The first-order chi connectivity index (χ1) is 9.54. The summed E-state index contributed by atoms with van der Waals surface area (Å²) in [5, 5.41) is 0.988. The van der Waals surface area contributed by atoms with Crippen LogP contribution in [0.3, 0.4) is 0 Å². The number of nitrogens with zero attached hydrogens (tertiary/aromatic N) is 1. The van der Waals surface area contributed by atoms with Gasteiger partial charge in [-0.05, 0) is 12.7 Å². The molecule has 1 aliphatic heterocycles. The summed E-state index contributed by atoms with van der Waals surface area (Å²) in [5.74, 6) is 0.762. The SMILES string of the molecule is COc1ccccc1[P@](C)CS(=O)(=O)N1CCOCC1. The van der Waals surface area contributed by atoms with E-state index in [1.807, 2.05) is 30.9 Å². The van der Waals surface area contributed by atoms with Crippen molar-refractivity contribution in [1.29, 1.82) is 0 Å². The number of hydrogen-bond donors (Lipinski definition) is 0. The Balaban J connectivity index is 2.11. The van der Waals surface area contributed by atoms with E-state index in [4.69, 9.17) is 9.47 Å². The summed E-state index contributed by atoms with van der Waals surface area (Å²) >= 11 is 0. The molecule has 2 rings (SSSR count). The van der Waals surface area contributed by atoms with Gasteiger partial charge in [-0.3, -0.25) is 0 Å². The Hall–Kier alpha value is -0.680. The molecule has 7 heteroatoms. The van der Waals surface area contributed by atoms with Crippen LogP contribution < -0.4 is 10.0 Å². The predicted octanol–water partition coefficient (Wildman–Crippen LogP) is 1.05. The molecular weight excluding hydrogens is 297 g/mol. The Morgan fingerprint density at radius 1 is 1.30 bits per heavy atom. The summed E-state index contributed by atoms with van der Waals surface area (Å²) < 4.78 is 36.9. The van der Waals surface area contributed by atoms with Crippen molar-refractivity contribution in [2.45, 2.75) is 0 Å². The zero-order valence-corrected chi connectivity index (χ0v) is 13.5. The highest BCUT2D eigenvalue weighted by molar-refractivity contribution is 7.97. The third-order valence-electron chi connectivity index (χ3n) is 3.22. The Kier molecular flexibility index (Phi) is 5.38. The molecule has 112 valence electrons. The molecule has 1 fully saturated rings. The van der Waals surface area contributed by atoms with E-state index in [1.165, 1.54) is 4.31 Å². The average Bonchev–Trinajstić information content (AvgIpc) is 2.47. The van der Waals surface area contributed by atoms with Gasteiger partial charge in [0.2, 0.25) is 10.0 Å². The number of hydrogen-bond acceptors (Lipinski definition) is 4. The second kappa shape index (κ2) is 6.85. The van der Waals surface area contributed by atoms with Crippen molar-refractivity contribution in [2.24, 2.45) is 0 Å². The first kappa shape index (κ1) is 15.7. The van der Waals surface area contributed by atoms with E-state index >= 15 is 0 Å². The summed E-state index contributed by atoms with van der Waals surface area (Å²) in [6, 6.07) is 7.62. The summed E-state index contributed by atoms with van der Waals surface area (Å²) in [5.41, 5.74) is 0.155. The van der Waals surface area contributed by atoms with Gasteiger partial charge in [-0.1, -0.05) is 26.1 Å². The minimum atomic E-state index is -3.23. The van der Waals surface area contributed by atoms with Crippen LogP contribution in [0.1, 0.15) is 0 Å². The van der Waals surface area contributed by atoms with Crippen molar-refractivity contribution in [3.63, 3.8) is 0 Å². The molecule has 1 aromatic rings. The molecule has 20 heavy (non-hydrogen) atoms. The van der Waals surface area contributed by atoms with E-state index in [0.717, 1.165) is 11.1 Å². The minimum absolute atomic E-state index is 0.155. The summed E-state index contributed by atoms with van der Waals surface area (Å²) in [4.78, 5) is 0. The van der Waals surface area contributed by atoms with E-state index in [9.17, 15) is 8.42 Å². The van der Waals surface area contributed by atoms with Crippen molar-refractivity contribution in [3.05, 3.63) is 24.3 Å². The van der Waals surface area contributed by atoms with E-state index in [-0.39, 0.29) is 5.49 Å². The molecule has 0 spiro atoms. The number of ether oxygens (including phenoxy) is 2. The molecule has 0 radical (unpaired) electrons. The van der Waals surface area contributed by atoms with Crippen LogP contribution in [0.15, 0.2) is 24.3 Å². The lowest BCUT2D eigenvalue weighted by Crippen LogP contribution is -2.41. The van der Waals surface area contributed by atoms with Gasteiger partial charge in [0.1, 0.15) is 5.75 Å². The van der Waals surface area contributed by atoms with Crippen LogP contribution in [0, 0.1) is 0 Å². The van der Waals surface area contributed by atoms with Crippen molar-refractivity contribution in [1.82, 2.24) is 4.31 Å². The summed E-state index contributed by atoms with van der Waals surface area (Å²) in [7, 11) is -2.43. The molecule has 1 aliphatic rings. The zero-order valence-electron chi connectivity index (χ0n) is 11.8. The Bertz CT molecular complexity index is 543. The van der Waals surface area contributed by atoms with Crippen LogP contribution in [-0.2, 0) is 14.8 Å². The zero-order chi connectivity index (χ0) is 14.6. The third-order valence-corrected chi connectivity index (χ3v) is 8.41. The number of para-hydroxylation sites is 1. The maximum Gasteiger partial charge on any atom is 0.218 e. The lowest BCUT2D eigenvalue weighted by molar-refractivity contribution is 0.0732. The molecule has 0 amide bonds. The molecule has 1 heterocycles. The molecule has 1 atom stereocenters. The van der Waals surface area contributed by atoms with Crippen LogP contribution in [-0.4, -0.2) is 58.3 Å². The minimum Gasteiger partial charge on any atom is -0.496 e. The largest absolute Gasteiger partial charge is 0.496 e. The van der Waals surface area contributed by atoms with Crippen LogP contribution in [0.2, 0.25) is 0 Å². The van der Waals surface area contributed by atoms with E-state index in [0.29, 0.717) is 26.3 Å². The fourth-order valence-electron chi connectivity index (χ4n) is 2.17. The highest BCUT2D eigenvalue weighted by Gasteiger charge is 2.27. The Morgan fingerprint density at radius 3 is 2.60 bits per heavy atom. The molecule has 1 saturated heterocycles. The van der Waals surface area contributed by atoms with Crippen LogP contribution in [0.5, 0.6) is 5.75 Å². The average molecular weight is 317 g/mol. The number of sulfonamides is 1. The van der Waals surface area contributed by atoms with Gasteiger partial charge in [0.15, 0.2) is 0 Å². The van der Waals surface area contributed by atoms with E-state index in [2.05, 4.69) is 0 Å². The molecule has 0 aromatic heterocycles. The lowest BCUT2D eigenvalue weighted by atomic mass is 10.3. The van der Waals surface area contributed by atoms with Gasteiger partial charge in [0, 0.05) is 18.4 Å². The molecule has 5 nitrogen and oxygen atoms in total. The quantitative estimate of drug-likeness (QED) is 0.762. The van der Waals surface area contributed by atoms with Crippen LogP contribution in [0.4, 0.5) is 0 Å². The molecular formula is C13H20NO4PS. The topological polar surface area (TPSA) is 55.8 Å². The van der Waals surface area contributed by atoms with Gasteiger partial charge in [0.25, 0.3) is 0 Å². The Labute approximate surface area is 121 Å². The van der Waals surface area contributed by atoms with Gasteiger partial charge in [-0.15, -0.1) is 0 Å². The fraction of sp³-hybridized carbons (Fsp3) is 0.538. The first-order valence-electron chi connectivity index (χ1n) is 6.44. The lowest BCUT2D eigenvalue weighted by Gasteiger charge is -2.27. The molecule has 0 saturated carbocycles. The summed E-state index contributed by atoms with van der Waals surface area (Å²) in [6.45, 7) is 3.85. The monoisotopic (exact) mass is 317 g/mol. The Morgan fingerprint density at radius 2 is 1.95 bits per heavy atom. The van der Waals surface area contributed by atoms with Gasteiger partial charge >= 0.3 is 0 Å². The van der Waals surface area contributed by atoms with Gasteiger partial charge in [0.05, 0.1) is 25.8 Å². The number of methoxy groups -OCH3 is 1. The highest BCUT2D eigenvalue weighted by Crippen LogP contribution is 2.36. The number of morpholine rings is 1. The molecule has 0 N–H and O–H groups in total. The molecule has 0 unspecified atom stereocenters. The molecule has 0 bridgehead atoms. The van der Waals surface area contributed by atoms with Crippen molar-refractivity contribution in [2.75, 3.05) is 45.6 Å². The van der Waals surface area contributed by atoms with Gasteiger partial charge < -0.3 is 9.47 Å². The standard InChI is InChI=1S/C13H20NO4PS/c1-17-12-5-3-4-6-13(12)19(2)11-20(15,16)14-7-9-18-10-8-14/h3-6H,7-11H2,1-2H3/t19-/m1/s1. The smallest absolute Gasteiger partial charge is 0.218 e. The predicted molar refractivity (Wildman–Crippen MR) is 81.7 cm³/mol. The van der Waals surface area contributed by atoms with Crippen molar-refractivity contribution < 1.29 is 17.9 Å². The van der Waals surface area contributed by atoms with E-state index in [1.54, 1.807) is 7.11 Å².